The van der Waals surface area contributed by atoms with Gasteiger partial charge in [-0.3, -0.25) is 0 Å². The van der Waals surface area contributed by atoms with E-state index < -0.39 is 30.4 Å². The second-order valence-electron chi connectivity index (χ2n) is 3.11. The molecule has 0 radical (unpaired) electrons. The molecule has 1 rings (SSSR count). The molecule has 0 N–H and O–H groups in total. The second kappa shape index (κ2) is 1.87. The van der Waals surface area contributed by atoms with Gasteiger partial charge in [0, 0.05) is 0 Å². The highest BCUT2D eigenvalue weighted by atomic mass is 19.3. The Morgan fingerprint density at radius 2 is 1.36 bits per heavy atom. The normalized spacial score (nSPS) is 40.9. The zero-order valence-electron chi connectivity index (χ0n) is 5.80. The summed E-state index contributed by atoms with van der Waals surface area (Å²) in [4.78, 5) is 0. The molecule has 11 heavy (non-hydrogen) atoms. The van der Waals surface area contributed by atoms with Gasteiger partial charge in [0.2, 0.25) is 0 Å². The van der Waals surface area contributed by atoms with Gasteiger partial charge in [0.25, 0.3) is 11.8 Å². The maximum absolute atomic E-state index is 12.7. The average Bonchev–Trinajstić information content (AvgIpc) is 1.66. The third-order valence-corrected chi connectivity index (χ3v) is 1.83. The summed E-state index contributed by atoms with van der Waals surface area (Å²) in [6.45, 7) is 0.508. The minimum absolute atomic E-state index is 0.508. The number of hydrogen-bond acceptors (Lipinski definition) is 0. The van der Waals surface area contributed by atoms with Gasteiger partial charge in [-0.2, -0.15) is 0 Å². The summed E-state index contributed by atoms with van der Waals surface area (Å²) in [5, 5.41) is 0. The Hall–Kier alpha value is -0.350. The van der Waals surface area contributed by atoms with E-state index in [-0.39, 0.29) is 0 Å². The molecule has 1 aliphatic rings. The lowest BCUT2D eigenvalue weighted by Gasteiger charge is -2.20. The average molecular weight is 174 g/mol. The first-order chi connectivity index (χ1) is 4.66. The highest BCUT2D eigenvalue weighted by Crippen LogP contribution is 2.53. The van der Waals surface area contributed by atoms with E-state index in [1.54, 1.807) is 0 Å². The van der Waals surface area contributed by atoms with Gasteiger partial charge in [-0.25, -0.2) is 22.0 Å². The number of alkyl halides is 5. The highest BCUT2D eigenvalue weighted by Gasteiger charge is 2.66. The van der Waals surface area contributed by atoms with Gasteiger partial charge in [-0.15, -0.1) is 0 Å². The first kappa shape index (κ1) is 8.74. The van der Waals surface area contributed by atoms with E-state index in [0.29, 0.717) is 6.92 Å². The van der Waals surface area contributed by atoms with Gasteiger partial charge in [0.05, 0.1) is 12.8 Å². The molecule has 0 saturated heterocycles. The van der Waals surface area contributed by atoms with E-state index in [4.69, 9.17) is 0 Å². The van der Waals surface area contributed by atoms with E-state index in [1.165, 1.54) is 0 Å². The summed E-state index contributed by atoms with van der Waals surface area (Å²) in [5.41, 5.74) is -3.06. The van der Waals surface area contributed by atoms with Gasteiger partial charge in [0.1, 0.15) is 0 Å². The highest BCUT2D eigenvalue weighted by molar-refractivity contribution is 5.03. The standard InChI is InChI=1S/C6H7F5/c1-4(7)2-5(8,9)3-6(4,10)11/h2-3H2,1H3. The van der Waals surface area contributed by atoms with Crippen LogP contribution in [0.25, 0.3) is 0 Å². The van der Waals surface area contributed by atoms with Crippen LogP contribution in [0.2, 0.25) is 0 Å². The van der Waals surface area contributed by atoms with Gasteiger partial charge >= 0.3 is 0 Å². The van der Waals surface area contributed by atoms with Crippen molar-refractivity contribution >= 4 is 0 Å². The molecule has 1 fully saturated rings. The fraction of sp³-hybridized carbons (Fsp3) is 1.00. The lowest BCUT2D eigenvalue weighted by atomic mass is 10.0. The fourth-order valence-electron chi connectivity index (χ4n) is 1.19. The Bertz CT molecular complexity index is 154. The minimum atomic E-state index is -3.89. The molecule has 0 aromatic heterocycles. The van der Waals surface area contributed by atoms with Crippen molar-refractivity contribution in [2.45, 2.75) is 37.3 Å². The smallest absolute Gasteiger partial charge is 0.237 e. The zero-order valence-corrected chi connectivity index (χ0v) is 5.80. The van der Waals surface area contributed by atoms with Crippen LogP contribution in [0.1, 0.15) is 19.8 Å². The molecule has 0 aromatic rings. The minimum Gasteiger partial charge on any atom is -0.237 e. The van der Waals surface area contributed by atoms with Crippen molar-refractivity contribution < 1.29 is 22.0 Å². The quantitative estimate of drug-likeness (QED) is 0.495. The van der Waals surface area contributed by atoms with Gasteiger partial charge < -0.3 is 0 Å². The third-order valence-electron chi connectivity index (χ3n) is 1.83. The number of rotatable bonds is 0. The van der Waals surface area contributed by atoms with Crippen LogP contribution in [0, 0.1) is 0 Å². The van der Waals surface area contributed by atoms with Crippen molar-refractivity contribution in [3.05, 3.63) is 0 Å². The van der Waals surface area contributed by atoms with Crippen molar-refractivity contribution in [2.75, 3.05) is 0 Å². The van der Waals surface area contributed by atoms with Crippen LogP contribution in [0.5, 0.6) is 0 Å². The molecule has 0 aliphatic heterocycles. The van der Waals surface area contributed by atoms with Crippen molar-refractivity contribution in [1.82, 2.24) is 0 Å². The summed E-state index contributed by atoms with van der Waals surface area (Å²) in [6.07, 6.45) is -3.06. The van der Waals surface area contributed by atoms with Crippen molar-refractivity contribution in [3.63, 3.8) is 0 Å². The maximum Gasteiger partial charge on any atom is 0.287 e. The molecule has 1 saturated carbocycles. The predicted octanol–water partition coefficient (Wildman–Crippen LogP) is 2.78. The van der Waals surface area contributed by atoms with Crippen LogP contribution in [-0.2, 0) is 0 Å². The van der Waals surface area contributed by atoms with E-state index in [9.17, 15) is 22.0 Å². The molecule has 1 aliphatic carbocycles. The lowest BCUT2D eigenvalue weighted by molar-refractivity contribution is -0.109. The van der Waals surface area contributed by atoms with Crippen LogP contribution in [0.3, 0.4) is 0 Å². The summed E-state index contributed by atoms with van der Waals surface area (Å²) in [7, 11) is 0. The monoisotopic (exact) mass is 174 g/mol. The molecular weight excluding hydrogens is 167 g/mol. The first-order valence-electron chi connectivity index (χ1n) is 3.11. The molecule has 0 nitrogen and oxygen atoms in total. The molecule has 66 valence electrons. The van der Waals surface area contributed by atoms with Crippen LogP contribution >= 0.6 is 0 Å². The molecule has 1 atom stereocenters. The summed E-state index contributed by atoms with van der Waals surface area (Å²) < 4.78 is 61.8. The lowest BCUT2D eigenvalue weighted by Crippen LogP contribution is -2.35. The molecule has 1 unspecified atom stereocenters. The largest absolute Gasteiger partial charge is 0.287 e. The molecule has 0 heterocycles. The number of hydrogen-bond donors (Lipinski definition) is 0. The van der Waals surface area contributed by atoms with Crippen molar-refractivity contribution in [2.24, 2.45) is 0 Å². The Balaban J connectivity index is 2.89. The van der Waals surface area contributed by atoms with Crippen LogP contribution in [0.15, 0.2) is 0 Å². The Morgan fingerprint density at radius 3 is 1.45 bits per heavy atom. The summed E-state index contributed by atoms with van der Waals surface area (Å²) in [6, 6.07) is 0. The third kappa shape index (κ3) is 1.32. The molecule has 0 amide bonds. The topological polar surface area (TPSA) is 0 Å². The molecule has 5 heteroatoms. The van der Waals surface area contributed by atoms with E-state index in [2.05, 4.69) is 0 Å². The van der Waals surface area contributed by atoms with E-state index >= 15 is 0 Å². The van der Waals surface area contributed by atoms with Crippen LogP contribution < -0.4 is 0 Å². The summed E-state index contributed by atoms with van der Waals surface area (Å²) in [5.74, 6) is -7.45. The maximum atomic E-state index is 12.7. The van der Waals surface area contributed by atoms with Crippen molar-refractivity contribution in [3.8, 4) is 0 Å². The zero-order chi connectivity index (χ0) is 8.91. The van der Waals surface area contributed by atoms with Gasteiger partial charge in [0.15, 0.2) is 5.67 Å². The SMILES string of the molecule is CC1(F)CC(F)(F)CC1(F)F. The first-order valence-corrected chi connectivity index (χ1v) is 3.11. The Morgan fingerprint density at radius 1 is 0.909 bits per heavy atom. The summed E-state index contributed by atoms with van der Waals surface area (Å²) >= 11 is 0. The molecule has 0 aromatic carbocycles. The predicted molar refractivity (Wildman–Crippen MR) is 28.6 cm³/mol. The Labute approximate surface area is 60.4 Å². The van der Waals surface area contributed by atoms with Crippen molar-refractivity contribution in [1.29, 1.82) is 0 Å². The fourth-order valence-corrected chi connectivity index (χ4v) is 1.19. The van der Waals surface area contributed by atoms with E-state index in [0.717, 1.165) is 0 Å². The number of halogens is 5. The molecule has 0 bridgehead atoms. The van der Waals surface area contributed by atoms with Gasteiger partial charge in [-0.1, -0.05) is 0 Å². The molecular formula is C6H7F5. The second-order valence-corrected chi connectivity index (χ2v) is 3.11. The Kier molecular flexibility index (Phi) is 1.49. The van der Waals surface area contributed by atoms with Crippen LogP contribution in [0.4, 0.5) is 22.0 Å². The van der Waals surface area contributed by atoms with Gasteiger partial charge in [-0.05, 0) is 6.92 Å². The van der Waals surface area contributed by atoms with E-state index in [1.807, 2.05) is 0 Å². The molecule has 0 spiro atoms. The van der Waals surface area contributed by atoms with Crippen LogP contribution in [-0.4, -0.2) is 17.5 Å².